The maximum Gasteiger partial charge on any atom is 0.244 e. The van der Waals surface area contributed by atoms with Crippen LogP contribution < -0.4 is 10.1 Å². The molecule has 31 heavy (non-hydrogen) atoms. The Morgan fingerprint density at radius 3 is 2.71 bits per heavy atom. The van der Waals surface area contributed by atoms with Gasteiger partial charge in [-0.25, -0.2) is 9.03 Å². The number of ether oxygens (including phenoxy) is 2. The highest BCUT2D eigenvalue weighted by Gasteiger charge is 2.30. The minimum Gasteiger partial charge on any atom is -0.479 e. The average molecular weight is 419 g/mol. The first kappa shape index (κ1) is 18.6. The van der Waals surface area contributed by atoms with Gasteiger partial charge in [-0.15, -0.1) is 5.10 Å². The van der Waals surface area contributed by atoms with Crippen molar-refractivity contribution in [2.45, 2.75) is 24.9 Å². The van der Waals surface area contributed by atoms with Crippen LogP contribution in [0.1, 0.15) is 12.8 Å². The van der Waals surface area contributed by atoms with Gasteiger partial charge < -0.3 is 14.8 Å². The standard InChI is InChI=1S/C22H25N7O2/c1-30-21-20-19(15-3-10-28-17(12-15)2-7-23-28)6-11-29(20)26-22(25-21)24-16-4-8-27(9-5-16)18-13-31-14-18/h2-3,6-7,10-12,16,18H,4-5,8-9,13-14H2,1H3,(H,24,26). The highest BCUT2D eigenvalue weighted by Crippen LogP contribution is 2.32. The van der Waals surface area contributed by atoms with Crippen molar-refractivity contribution in [3.8, 4) is 17.0 Å². The summed E-state index contributed by atoms with van der Waals surface area (Å²) in [6.45, 7) is 3.91. The van der Waals surface area contributed by atoms with E-state index in [-0.39, 0.29) is 0 Å². The Morgan fingerprint density at radius 1 is 1.10 bits per heavy atom. The molecule has 6 heterocycles. The van der Waals surface area contributed by atoms with E-state index in [9.17, 15) is 0 Å². The number of hydrogen-bond donors (Lipinski definition) is 1. The van der Waals surface area contributed by atoms with Crippen LogP contribution in [0, 0.1) is 0 Å². The Labute approximate surface area is 179 Å². The molecule has 0 radical (unpaired) electrons. The van der Waals surface area contributed by atoms with Crippen LogP contribution in [0.25, 0.3) is 22.2 Å². The maximum atomic E-state index is 5.67. The SMILES string of the molecule is COc1nc(NC2CCN(C3COC3)CC2)nn2ccc(-c3ccn4nccc4c3)c12. The zero-order chi connectivity index (χ0) is 20.8. The fourth-order valence-electron chi connectivity index (χ4n) is 4.54. The second-order valence-electron chi connectivity index (χ2n) is 8.23. The van der Waals surface area contributed by atoms with Crippen LogP contribution >= 0.6 is 0 Å². The van der Waals surface area contributed by atoms with Crippen molar-refractivity contribution in [1.29, 1.82) is 0 Å². The van der Waals surface area contributed by atoms with E-state index in [1.807, 2.05) is 33.6 Å². The number of likely N-dealkylation sites (tertiary alicyclic amines) is 1. The van der Waals surface area contributed by atoms with Gasteiger partial charge in [0.2, 0.25) is 11.8 Å². The molecule has 2 fully saturated rings. The van der Waals surface area contributed by atoms with Gasteiger partial charge in [-0.2, -0.15) is 10.1 Å². The summed E-state index contributed by atoms with van der Waals surface area (Å²) in [5.41, 5.74) is 4.00. The molecule has 1 N–H and O–H groups in total. The van der Waals surface area contributed by atoms with Crippen LogP contribution in [0.3, 0.4) is 0 Å². The van der Waals surface area contributed by atoms with Crippen LogP contribution in [0.4, 0.5) is 5.95 Å². The number of pyridine rings is 1. The molecule has 6 rings (SSSR count). The first-order valence-corrected chi connectivity index (χ1v) is 10.7. The lowest BCUT2D eigenvalue weighted by atomic mass is 10.0. The van der Waals surface area contributed by atoms with Gasteiger partial charge in [-0.3, -0.25) is 4.90 Å². The number of nitrogens with zero attached hydrogens (tertiary/aromatic N) is 6. The number of rotatable bonds is 5. The molecule has 2 saturated heterocycles. The van der Waals surface area contributed by atoms with Crippen molar-refractivity contribution in [1.82, 2.24) is 29.1 Å². The van der Waals surface area contributed by atoms with E-state index >= 15 is 0 Å². The summed E-state index contributed by atoms with van der Waals surface area (Å²) in [6.07, 6.45) is 7.85. The molecule has 0 bridgehead atoms. The molecule has 2 aliphatic heterocycles. The molecule has 9 heteroatoms. The van der Waals surface area contributed by atoms with Crippen LogP contribution in [-0.2, 0) is 4.74 Å². The van der Waals surface area contributed by atoms with E-state index < -0.39 is 0 Å². The predicted molar refractivity (Wildman–Crippen MR) is 117 cm³/mol. The minimum atomic E-state index is 0.360. The van der Waals surface area contributed by atoms with Gasteiger partial charge in [0.1, 0.15) is 5.52 Å². The topological polar surface area (TPSA) is 81.2 Å². The van der Waals surface area contributed by atoms with Crippen molar-refractivity contribution < 1.29 is 9.47 Å². The van der Waals surface area contributed by atoms with Gasteiger partial charge in [0.25, 0.3) is 0 Å². The Kier molecular flexibility index (Phi) is 4.50. The van der Waals surface area contributed by atoms with E-state index in [0.717, 1.165) is 61.3 Å². The van der Waals surface area contributed by atoms with E-state index in [4.69, 9.17) is 14.6 Å². The highest BCUT2D eigenvalue weighted by atomic mass is 16.5. The molecule has 0 atom stereocenters. The smallest absolute Gasteiger partial charge is 0.244 e. The van der Waals surface area contributed by atoms with Gasteiger partial charge in [0.15, 0.2) is 0 Å². The average Bonchev–Trinajstić information content (AvgIpc) is 3.39. The van der Waals surface area contributed by atoms with Crippen molar-refractivity contribution >= 4 is 17.0 Å². The van der Waals surface area contributed by atoms with Gasteiger partial charge in [0, 0.05) is 43.3 Å². The van der Waals surface area contributed by atoms with Crippen LogP contribution in [0.2, 0.25) is 0 Å². The molecule has 0 unspecified atom stereocenters. The van der Waals surface area contributed by atoms with Gasteiger partial charge in [-0.1, -0.05) is 0 Å². The molecule has 4 aromatic rings. The Bertz CT molecular complexity index is 1220. The second kappa shape index (κ2) is 7.51. The first-order chi connectivity index (χ1) is 15.3. The molecular weight excluding hydrogens is 394 g/mol. The summed E-state index contributed by atoms with van der Waals surface area (Å²) in [4.78, 5) is 7.22. The normalized spacial score (nSPS) is 18.5. The summed E-state index contributed by atoms with van der Waals surface area (Å²) < 4.78 is 14.7. The molecule has 0 aliphatic carbocycles. The lowest BCUT2D eigenvalue weighted by Crippen LogP contribution is -2.53. The van der Waals surface area contributed by atoms with E-state index in [1.165, 1.54) is 0 Å². The van der Waals surface area contributed by atoms with Crippen molar-refractivity contribution in [3.63, 3.8) is 0 Å². The molecule has 2 aliphatic rings. The summed E-state index contributed by atoms with van der Waals surface area (Å²) in [5.74, 6) is 1.16. The quantitative estimate of drug-likeness (QED) is 0.532. The number of anilines is 1. The lowest BCUT2D eigenvalue weighted by Gasteiger charge is -2.41. The molecule has 160 valence electrons. The summed E-state index contributed by atoms with van der Waals surface area (Å²) in [6, 6.07) is 9.15. The highest BCUT2D eigenvalue weighted by molar-refractivity contribution is 5.85. The Hall–Kier alpha value is -3.17. The molecule has 0 spiro atoms. The predicted octanol–water partition coefficient (Wildman–Crippen LogP) is 2.33. The number of piperidine rings is 1. The number of nitrogens with one attached hydrogen (secondary N) is 1. The number of hydrogen-bond acceptors (Lipinski definition) is 7. The zero-order valence-corrected chi connectivity index (χ0v) is 17.4. The summed E-state index contributed by atoms with van der Waals surface area (Å²) in [5, 5.41) is 12.5. The molecular formula is C22H25N7O2. The Morgan fingerprint density at radius 2 is 1.94 bits per heavy atom. The van der Waals surface area contributed by atoms with Crippen LogP contribution in [0.5, 0.6) is 5.88 Å². The second-order valence-corrected chi connectivity index (χ2v) is 8.23. The van der Waals surface area contributed by atoms with Crippen LogP contribution in [-0.4, -0.2) is 74.6 Å². The molecule has 9 nitrogen and oxygen atoms in total. The van der Waals surface area contributed by atoms with E-state index in [2.05, 4.69) is 32.4 Å². The first-order valence-electron chi connectivity index (χ1n) is 10.7. The van der Waals surface area contributed by atoms with E-state index in [1.54, 1.807) is 13.3 Å². The third kappa shape index (κ3) is 3.30. The third-order valence-corrected chi connectivity index (χ3v) is 6.38. The van der Waals surface area contributed by atoms with Gasteiger partial charge >= 0.3 is 0 Å². The Balaban J connectivity index is 1.26. The summed E-state index contributed by atoms with van der Waals surface area (Å²) in [7, 11) is 1.65. The summed E-state index contributed by atoms with van der Waals surface area (Å²) >= 11 is 0. The number of methoxy groups -OCH3 is 1. The molecule has 4 aromatic heterocycles. The van der Waals surface area contributed by atoms with E-state index in [0.29, 0.717) is 23.9 Å². The number of fused-ring (bicyclic) bond motifs is 2. The van der Waals surface area contributed by atoms with Gasteiger partial charge in [0.05, 0.1) is 31.9 Å². The lowest BCUT2D eigenvalue weighted by molar-refractivity contribution is -0.0705. The minimum absolute atomic E-state index is 0.360. The van der Waals surface area contributed by atoms with Crippen LogP contribution in [0.15, 0.2) is 42.9 Å². The van der Waals surface area contributed by atoms with Crippen molar-refractivity contribution in [3.05, 3.63) is 42.9 Å². The maximum absolute atomic E-state index is 5.67. The molecule has 0 amide bonds. The fourth-order valence-corrected chi connectivity index (χ4v) is 4.54. The molecule has 0 aromatic carbocycles. The fraction of sp³-hybridized carbons (Fsp3) is 0.409. The van der Waals surface area contributed by atoms with Gasteiger partial charge in [-0.05, 0) is 42.7 Å². The third-order valence-electron chi connectivity index (χ3n) is 6.38. The largest absolute Gasteiger partial charge is 0.479 e. The zero-order valence-electron chi connectivity index (χ0n) is 17.4. The number of aromatic nitrogens is 5. The van der Waals surface area contributed by atoms with Crippen molar-refractivity contribution in [2.75, 3.05) is 38.7 Å². The molecule has 0 saturated carbocycles. The monoisotopic (exact) mass is 419 g/mol. The van der Waals surface area contributed by atoms with Crippen molar-refractivity contribution in [2.24, 2.45) is 0 Å².